The van der Waals surface area contributed by atoms with Crippen molar-refractivity contribution in [2.24, 2.45) is 0 Å². The average Bonchev–Trinajstić information content (AvgIpc) is 2.46. The third-order valence-corrected chi connectivity index (χ3v) is 3.42. The molecule has 0 amide bonds. The molecule has 2 N–H and O–H groups in total. The van der Waals surface area contributed by atoms with Crippen molar-refractivity contribution in [2.45, 2.75) is 19.9 Å². The highest BCUT2D eigenvalue weighted by Crippen LogP contribution is 2.22. The molecule has 5 heteroatoms. The second-order valence-corrected chi connectivity index (χ2v) is 4.92. The highest BCUT2D eigenvalue weighted by molar-refractivity contribution is 5.88. The van der Waals surface area contributed by atoms with Gasteiger partial charge in [-0.15, -0.1) is 0 Å². The largest absolute Gasteiger partial charge is 0.476 e. The van der Waals surface area contributed by atoms with Crippen molar-refractivity contribution in [1.29, 1.82) is 0 Å². The Morgan fingerprint density at radius 1 is 1.35 bits per heavy atom. The summed E-state index contributed by atoms with van der Waals surface area (Å²) < 4.78 is 0. The van der Waals surface area contributed by atoms with Gasteiger partial charge in [0.25, 0.3) is 0 Å². The highest BCUT2D eigenvalue weighted by atomic mass is 16.4. The molecule has 3 rings (SSSR count). The maximum Gasteiger partial charge on any atom is 0.354 e. The lowest BCUT2D eigenvalue weighted by molar-refractivity contribution is 0.0688. The Labute approximate surface area is 116 Å². The van der Waals surface area contributed by atoms with Crippen LogP contribution in [0, 0.1) is 6.92 Å². The number of aromatic nitrogens is 2. The molecule has 0 aliphatic carbocycles. The summed E-state index contributed by atoms with van der Waals surface area (Å²) in [5.74, 6) is -0.506. The summed E-state index contributed by atoms with van der Waals surface area (Å²) in [4.78, 5) is 20.2. The van der Waals surface area contributed by atoms with Crippen LogP contribution in [0.3, 0.4) is 0 Å². The zero-order valence-corrected chi connectivity index (χ0v) is 11.2. The fourth-order valence-corrected chi connectivity index (χ4v) is 2.45. The number of aromatic carboxylic acids is 1. The number of rotatable bonds is 2. The first kappa shape index (κ1) is 12.7. The Kier molecular flexibility index (Phi) is 3.20. The minimum atomic E-state index is -0.987. The smallest absolute Gasteiger partial charge is 0.354 e. The lowest BCUT2D eigenvalue weighted by Crippen LogP contribution is -2.27. The number of carboxylic acid groups (broad SMARTS) is 1. The van der Waals surface area contributed by atoms with E-state index < -0.39 is 5.97 Å². The van der Waals surface area contributed by atoms with Crippen LogP contribution in [0.4, 0.5) is 0 Å². The van der Waals surface area contributed by atoms with Crippen LogP contribution in [0.1, 0.15) is 27.3 Å². The highest BCUT2D eigenvalue weighted by Gasteiger charge is 2.21. The number of hydrogen-bond donors (Lipinski definition) is 2. The van der Waals surface area contributed by atoms with Gasteiger partial charge in [0.2, 0.25) is 0 Å². The van der Waals surface area contributed by atoms with Crippen molar-refractivity contribution < 1.29 is 9.90 Å². The van der Waals surface area contributed by atoms with E-state index >= 15 is 0 Å². The summed E-state index contributed by atoms with van der Waals surface area (Å²) in [5, 5.41) is 12.6. The van der Waals surface area contributed by atoms with Crippen molar-refractivity contribution in [3.63, 3.8) is 0 Å². The molecule has 1 aromatic heterocycles. The third-order valence-electron chi connectivity index (χ3n) is 3.42. The molecule has 0 spiro atoms. The zero-order valence-electron chi connectivity index (χ0n) is 11.2. The number of hydrogen-bond acceptors (Lipinski definition) is 4. The topological polar surface area (TPSA) is 75.1 Å². The molecule has 2 heterocycles. The van der Waals surface area contributed by atoms with Gasteiger partial charge in [-0.3, -0.25) is 0 Å². The normalized spacial score (nSPS) is 13.8. The standard InChI is InChI=1S/C15H15N3O2/c1-9-3-2-4-10(7-9)14-17-12-8-16-6-5-11(12)13(18-14)15(19)20/h2-4,7,16H,5-6,8H2,1H3,(H,19,20). The first-order valence-electron chi connectivity index (χ1n) is 6.56. The van der Waals surface area contributed by atoms with Gasteiger partial charge >= 0.3 is 5.97 Å². The van der Waals surface area contributed by atoms with Gasteiger partial charge in [-0.2, -0.15) is 0 Å². The van der Waals surface area contributed by atoms with Gasteiger partial charge in [-0.25, -0.2) is 14.8 Å². The molecule has 1 aliphatic rings. The maximum absolute atomic E-state index is 11.4. The average molecular weight is 269 g/mol. The van der Waals surface area contributed by atoms with Crippen molar-refractivity contribution in [1.82, 2.24) is 15.3 Å². The van der Waals surface area contributed by atoms with Crippen LogP contribution < -0.4 is 5.32 Å². The fraction of sp³-hybridized carbons (Fsp3) is 0.267. The van der Waals surface area contributed by atoms with E-state index in [1.165, 1.54) is 0 Å². The van der Waals surface area contributed by atoms with Gasteiger partial charge in [0.1, 0.15) is 0 Å². The van der Waals surface area contributed by atoms with Gasteiger partial charge in [0.15, 0.2) is 11.5 Å². The Bertz CT molecular complexity index is 683. The number of carboxylic acids is 1. The van der Waals surface area contributed by atoms with Gasteiger partial charge in [-0.1, -0.05) is 23.8 Å². The lowest BCUT2D eigenvalue weighted by Gasteiger charge is -2.18. The summed E-state index contributed by atoms with van der Waals surface area (Å²) in [6.07, 6.45) is 0.658. The monoisotopic (exact) mass is 269 g/mol. The predicted molar refractivity (Wildman–Crippen MR) is 74.6 cm³/mol. The molecular formula is C15H15N3O2. The fourth-order valence-electron chi connectivity index (χ4n) is 2.45. The molecule has 0 unspecified atom stereocenters. The Morgan fingerprint density at radius 3 is 2.95 bits per heavy atom. The third kappa shape index (κ3) is 2.28. The summed E-state index contributed by atoms with van der Waals surface area (Å²) in [6.45, 7) is 3.35. The van der Waals surface area contributed by atoms with Crippen LogP contribution in [0.15, 0.2) is 24.3 Å². The second kappa shape index (κ2) is 5.02. The number of carbonyl (C=O) groups is 1. The van der Waals surface area contributed by atoms with E-state index in [9.17, 15) is 9.90 Å². The first-order valence-corrected chi connectivity index (χ1v) is 6.56. The molecule has 0 fully saturated rings. The van der Waals surface area contributed by atoms with Crippen molar-refractivity contribution in [3.05, 3.63) is 46.8 Å². The summed E-state index contributed by atoms with van der Waals surface area (Å²) >= 11 is 0. The minimum absolute atomic E-state index is 0.132. The number of nitrogens with zero attached hydrogens (tertiary/aromatic N) is 2. The SMILES string of the molecule is Cc1cccc(-c2nc3c(c(C(=O)O)n2)CCNC3)c1. The van der Waals surface area contributed by atoms with Gasteiger partial charge in [0.05, 0.1) is 5.69 Å². The number of benzene rings is 1. The van der Waals surface area contributed by atoms with E-state index in [-0.39, 0.29) is 5.69 Å². The molecule has 0 saturated heterocycles. The summed E-state index contributed by atoms with van der Waals surface area (Å²) in [5.41, 5.74) is 3.63. The van der Waals surface area contributed by atoms with Crippen LogP contribution in [-0.2, 0) is 13.0 Å². The Hall–Kier alpha value is -2.27. The quantitative estimate of drug-likeness (QED) is 0.869. The molecule has 0 bridgehead atoms. The van der Waals surface area contributed by atoms with Crippen LogP contribution in [0.5, 0.6) is 0 Å². The molecule has 1 aromatic carbocycles. The molecule has 0 radical (unpaired) electrons. The van der Waals surface area contributed by atoms with Crippen molar-refractivity contribution in [2.75, 3.05) is 6.54 Å². The van der Waals surface area contributed by atoms with E-state index in [1.807, 2.05) is 31.2 Å². The Morgan fingerprint density at radius 2 is 2.20 bits per heavy atom. The number of aryl methyl sites for hydroxylation is 1. The first-order chi connectivity index (χ1) is 9.65. The zero-order chi connectivity index (χ0) is 14.1. The minimum Gasteiger partial charge on any atom is -0.476 e. The van der Waals surface area contributed by atoms with Gasteiger partial charge in [-0.05, 0) is 26.0 Å². The summed E-state index contributed by atoms with van der Waals surface area (Å²) in [6, 6.07) is 7.77. The molecule has 102 valence electrons. The maximum atomic E-state index is 11.4. The van der Waals surface area contributed by atoms with Crippen LogP contribution in [0.25, 0.3) is 11.4 Å². The molecule has 2 aromatic rings. The summed E-state index contributed by atoms with van der Waals surface area (Å²) in [7, 11) is 0. The second-order valence-electron chi connectivity index (χ2n) is 4.92. The number of nitrogens with one attached hydrogen (secondary N) is 1. The van der Waals surface area contributed by atoms with Crippen LogP contribution >= 0.6 is 0 Å². The van der Waals surface area contributed by atoms with E-state index in [4.69, 9.17) is 0 Å². The Balaban J connectivity index is 2.17. The molecule has 0 atom stereocenters. The molecule has 0 saturated carbocycles. The predicted octanol–water partition coefficient (Wildman–Crippen LogP) is 1.80. The van der Waals surface area contributed by atoms with Crippen LogP contribution in [-0.4, -0.2) is 27.6 Å². The lowest BCUT2D eigenvalue weighted by atomic mass is 10.0. The van der Waals surface area contributed by atoms with Gasteiger partial charge in [0, 0.05) is 17.7 Å². The van der Waals surface area contributed by atoms with Crippen LogP contribution in [0.2, 0.25) is 0 Å². The van der Waals surface area contributed by atoms with Crippen molar-refractivity contribution in [3.8, 4) is 11.4 Å². The molecule has 1 aliphatic heterocycles. The van der Waals surface area contributed by atoms with E-state index in [0.717, 1.165) is 28.9 Å². The molecule has 20 heavy (non-hydrogen) atoms. The van der Waals surface area contributed by atoms with Crippen molar-refractivity contribution >= 4 is 5.97 Å². The van der Waals surface area contributed by atoms with Gasteiger partial charge < -0.3 is 10.4 Å². The van der Waals surface area contributed by atoms with E-state index in [2.05, 4.69) is 15.3 Å². The number of fused-ring (bicyclic) bond motifs is 1. The van der Waals surface area contributed by atoms with E-state index in [1.54, 1.807) is 0 Å². The van der Waals surface area contributed by atoms with E-state index in [0.29, 0.717) is 18.8 Å². The molecular weight excluding hydrogens is 254 g/mol. The molecule has 5 nitrogen and oxygen atoms in total.